The second-order valence-corrected chi connectivity index (χ2v) is 6.05. The lowest BCUT2D eigenvalue weighted by atomic mass is 10.1. The summed E-state index contributed by atoms with van der Waals surface area (Å²) < 4.78 is 1.05. The van der Waals surface area contributed by atoms with E-state index >= 15 is 0 Å². The number of hydrogen-bond donors (Lipinski definition) is 1. The van der Waals surface area contributed by atoms with E-state index in [-0.39, 0.29) is 10.9 Å². The summed E-state index contributed by atoms with van der Waals surface area (Å²) in [5.41, 5.74) is 2.13. The predicted molar refractivity (Wildman–Crippen MR) is 88.3 cm³/mol. The van der Waals surface area contributed by atoms with E-state index in [1.165, 1.54) is 0 Å². The Morgan fingerprint density at radius 2 is 1.95 bits per heavy atom. The van der Waals surface area contributed by atoms with Gasteiger partial charge in [-0.25, -0.2) is 0 Å². The highest BCUT2D eigenvalue weighted by atomic mass is 127. The molecule has 0 fully saturated rings. The third-order valence-electron chi connectivity index (χ3n) is 2.64. The third kappa shape index (κ3) is 3.41. The monoisotopic (exact) mass is 405 g/mol. The minimum absolute atomic E-state index is 0.266. The zero-order valence-corrected chi connectivity index (χ0v) is 13.7. The van der Waals surface area contributed by atoms with E-state index < -0.39 is 0 Å². The van der Waals surface area contributed by atoms with Gasteiger partial charge in [0.25, 0.3) is 5.91 Å². The van der Waals surface area contributed by atoms with E-state index in [2.05, 4.69) is 27.9 Å². The van der Waals surface area contributed by atoms with Crippen LogP contribution in [0.3, 0.4) is 0 Å². The van der Waals surface area contributed by atoms with Gasteiger partial charge in [-0.15, -0.1) is 0 Å². The molecule has 2 nitrogen and oxygen atoms in total. The highest BCUT2D eigenvalue weighted by molar-refractivity contribution is 14.1. The number of amides is 1. The zero-order chi connectivity index (χ0) is 14.0. The summed E-state index contributed by atoms with van der Waals surface area (Å²) in [5.74, 6) is -0.266. The lowest BCUT2D eigenvalue weighted by Crippen LogP contribution is -2.13. The molecule has 0 bridgehead atoms. The summed E-state index contributed by atoms with van der Waals surface area (Å²) in [6.07, 6.45) is 0. The maximum Gasteiger partial charge on any atom is 0.257 e. The summed E-state index contributed by atoms with van der Waals surface area (Å²) in [6, 6.07) is 10.8. The lowest BCUT2D eigenvalue weighted by Gasteiger charge is -2.10. The van der Waals surface area contributed by atoms with Gasteiger partial charge in [-0.1, -0.05) is 35.3 Å². The zero-order valence-electron chi connectivity index (χ0n) is 10.0. The van der Waals surface area contributed by atoms with Crippen molar-refractivity contribution in [2.75, 3.05) is 5.32 Å². The van der Waals surface area contributed by atoms with Gasteiger partial charge in [0.05, 0.1) is 15.6 Å². The smallest absolute Gasteiger partial charge is 0.257 e. The number of carbonyl (C=O) groups excluding carboxylic acids is 1. The van der Waals surface area contributed by atoms with Crippen molar-refractivity contribution < 1.29 is 4.79 Å². The maximum atomic E-state index is 12.2. The molecule has 5 heteroatoms. The van der Waals surface area contributed by atoms with Crippen LogP contribution >= 0.6 is 45.8 Å². The number of halogens is 3. The second kappa shape index (κ2) is 6.11. The number of hydrogen-bond acceptors (Lipinski definition) is 1. The van der Waals surface area contributed by atoms with E-state index in [4.69, 9.17) is 23.2 Å². The van der Waals surface area contributed by atoms with E-state index in [1.807, 2.05) is 25.1 Å². The highest BCUT2D eigenvalue weighted by Gasteiger charge is 2.13. The molecule has 2 aromatic carbocycles. The van der Waals surface area contributed by atoms with Crippen LogP contribution in [0.4, 0.5) is 5.69 Å². The van der Waals surface area contributed by atoms with Crippen molar-refractivity contribution in [3.05, 3.63) is 61.1 Å². The highest BCUT2D eigenvalue weighted by Crippen LogP contribution is 2.27. The molecular formula is C14H10Cl2INO. The van der Waals surface area contributed by atoms with E-state index in [1.54, 1.807) is 18.2 Å². The van der Waals surface area contributed by atoms with Gasteiger partial charge in [0, 0.05) is 9.26 Å². The van der Waals surface area contributed by atoms with Gasteiger partial charge in [-0.3, -0.25) is 4.79 Å². The lowest BCUT2D eigenvalue weighted by molar-refractivity contribution is 0.102. The van der Waals surface area contributed by atoms with Gasteiger partial charge in [0.15, 0.2) is 0 Å². The normalized spacial score (nSPS) is 10.3. The van der Waals surface area contributed by atoms with Crippen LogP contribution in [0.1, 0.15) is 15.9 Å². The van der Waals surface area contributed by atoms with Crippen molar-refractivity contribution >= 4 is 57.4 Å². The van der Waals surface area contributed by atoms with Crippen molar-refractivity contribution in [1.82, 2.24) is 0 Å². The molecule has 19 heavy (non-hydrogen) atoms. The Balaban J connectivity index is 2.31. The van der Waals surface area contributed by atoms with Crippen LogP contribution in [0, 0.1) is 10.5 Å². The van der Waals surface area contributed by atoms with Gasteiger partial charge in [0.1, 0.15) is 0 Å². The van der Waals surface area contributed by atoms with Crippen LogP contribution in [0.2, 0.25) is 10.0 Å². The molecule has 0 radical (unpaired) electrons. The van der Waals surface area contributed by atoms with Crippen molar-refractivity contribution in [1.29, 1.82) is 0 Å². The third-order valence-corrected chi connectivity index (χ3v) is 4.13. The summed E-state index contributed by atoms with van der Waals surface area (Å²) in [4.78, 5) is 12.2. The summed E-state index contributed by atoms with van der Waals surface area (Å²) >= 11 is 14.1. The summed E-state index contributed by atoms with van der Waals surface area (Å²) in [7, 11) is 0. The fourth-order valence-corrected chi connectivity index (χ4v) is 2.48. The van der Waals surface area contributed by atoms with Crippen molar-refractivity contribution in [3.8, 4) is 0 Å². The standard InChI is InChI=1S/C14H10Cl2INO/c1-8-5-6-9(17)7-12(8)18-14(19)10-3-2-4-11(15)13(10)16/h2-7H,1H3,(H,18,19). The fraction of sp³-hybridized carbons (Fsp3) is 0.0714. The first-order chi connectivity index (χ1) is 8.99. The van der Waals surface area contributed by atoms with Crippen LogP contribution in [0.5, 0.6) is 0 Å². The molecule has 0 aliphatic heterocycles. The molecule has 1 amide bonds. The first-order valence-electron chi connectivity index (χ1n) is 5.50. The molecule has 0 aliphatic rings. The molecule has 2 aromatic rings. The SMILES string of the molecule is Cc1ccc(I)cc1NC(=O)c1cccc(Cl)c1Cl. The minimum atomic E-state index is -0.266. The van der Waals surface area contributed by atoms with E-state index in [0.29, 0.717) is 10.6 Å². The fourth-order valence-electron chi connectivity index (χ4n) is 1.60. The van der Waals surface area contributed by atoms with E-state index in [9.17, 15) is 4.79 Å². The molecule has 0 heterocycles. The number of anilines is 1. The Kier molecular flexibility index (Phi) is 4.71. The predicted octanol–water partition coefficient (Wildman–Crippen LogP) is 5.16. The molecule has 0 saturated heterocycles. The Morgan fingerprint density at radius 3 is 2.68 bits per heavy atom. The largest absolute Gasteiger partial charge is 0.322 e. The molecule has 98 valence electrons. The molecule has 0 aliphatic carbocycles. The average molecular weight is 406 g/mol. The molecule has 0 spiro atoms. The number of nitrogens with one attached hydrogen (secondary N) is 1. The Morgan fingerprint density at radius 1 is 1.21 bits per heavy atom. The molecule has 2 rings (SSSR count). The molecule has 1 N–H and O–H groups in total. The second-order valence-electron chi connectivity index (χ2n) is 4.01. The number of rotatable bonds is 2. The molecular weight excluding hydrogens is 396 g/mol. The van der Waals surface area contributed by atoms with Gasteiger partial charge >= 0.3 is 0 Å². The summed E-state index contributed by atoms with van der Waals surface area (Å²) in [5, 5.41) is 3.49. The molecule has 0 unspecified atom stereocenters. The van der Waals surface area contributed by atoms with Gasteiger partial charge in [-0.05, 0) is 59.3 Å². The van der Waals surface area contributed by atoms with Gasteiger partial charge in [0.2, 0.25) is 0 Å². The average Bonchev–Trinajstić information content (AvgIpc) is 2.37. The Labute approximate surface area is 135 Å². The molecule has 0 saturated carbocycles. The van der Waals surface area contributed by atoms with Crippen molar-refractivity contribution in [2.45, 2.75) is 6.92 Å². The van der Waals surface area contributed by atoms with E-state index in [0.717, 1.165) is 14.8 Å². The molecule has 0 atom stereocenters. The maximum absolute atomic E-state index is 12.2. The van der Waals surface area contributed by atoms with Crippen LogP contribution in [-0.4, -0.2) is 5.91 Å². The van der Waals surface area contributed by atoms with Gasteiger partial charge < -0.3 is 5.32 Å². The minimum Gasteiger partial charge on any atom is -0.322 e. The Hall–Kier alpha value is -0.780. The Bertz CT molecular complexity index is 643. The first kappa shape index (κ1) is 14.6. The molecule has 0 aromatic heterocycles. The number of benzene rings is 2. The van der Waals surface area contributed by atoms with Crippen LogP contribution in [-0.2, 0) is 0 Å². The number of carbonyl (C=O) groups is 1. The van der Waals surface area contributed by atoms with Crippen molar-refractivity contribution in [2.24, 2.45) is 0 Å². The quantitative estimate of drug-likeness (QED) is 0.687. The van der Waals surface area contributed by atoms with Crippen LogP contribution in [0.25, 0.3) is 0 Å². The summed E-state index contributed by atoms with van der Waals surface area (Å²) in [6.45, 7) is 1.94. The topological polar surface area (TPSA) is 29.1 Å². The van der Waals surface area contributed by atoms with Crippen molar-refractivity contribution in [3.63, 3.8) is 0 Å². The van der Waals surface area contributed by atoms with Crippen LogP contribution < -0.4 is 5.32 Å². The van der Waals surface area contributed by atoms with Crippen LogP contribution in [0.15, 0.2) is 36.4 Å². The van der Waals surface area contributed by atoms with Gasteiger partial charge in [-0.2, -0.15) is 0 Å². The first-order valence-corrected chi connectivity index (χ1v) is 7.34. The number of aryl methyl sites for hydroxylation is 1.